The van der Waals surface area contributed by atoms with Gasteiger partial charge >= 0.3 is 5.97 Å². The van der Waals surface area contributed by atoms with Gasteiger partial charge in [0.05, 0.1) is 27.4 Å². The van der Waals surface area contributed by atoms with Crippen molar-refractivity contribution >= 4 is 12.2 Å². The van der Waals surface area contributed by atoms with Gasteiger partial charge < -0.3 is 19.9 Å². The molecule has 0 amide bonds. The average molecular weight is 308 g/mol. The molecule has 1 aromatic rings. The summed E-state index contributed by atoms with van der Waals surface area (Å²) in [5, 5.41) is 0. The van der Waals surface area contributed by atoms with Gasteiger partial charge in [-0.1, -0.05) is 0 Å². The fourth-order valence-electron chi connectivity index (χ4n) is 1.71. The second kappa shape index (κ2) is 9.78. The van der Waals surface area contributed by atoms with Crippen LogP contribution in [0.25, 0.3) is 0 Å². The van der Waals surface area contributed by atoms with E-state index >= 15 is 0 Å². The predicted octanol–water partition coefficient (Wildman–Crippen LogP) is 1.79. The summed E-state index contributed by atoms with van der Waals surface area (Å²) < 4.78 is 15.5. The molecule has 6 nitrogen and oxygen atoms in total. The first kappa shape index (κ1) is 18.0. The number of rotatable bonds is 9. The van der Waals surface area contributed by atoms with Crippen LogP contribution in [0.2, 0.25) is 0 Å². The molecule has 1 rings (SSSR count). The maximum atomic E-state index is 11.0. The van der Waals surface area contributed by atoms with Gasteiger partial charge in [0, 0.05) is 18.7 Å². The van der Waals surface area contributed by atoms with Crippen LogP contribution in [0.4, 0.5) is 0 Å². The molecule has 0 aliphatic rings. The number of esters is 1. The van der Waals surface area contributed by atoms with Crippen LogP contribution in [0.1, 0.15) is 25.3 Å². The Bertz CT molecular complexity index is 501. The van der Waals surface area contributed by atoms with Crippen molar-refractivity contribution in [2.24, 2.45) is 10.7 Å². The molecule has 1 unspecified atom stereocenters. The molecule has 0 aliphatic heterocycles. The zero-order valence-corrected chi connectivity index (χ0v) is 13.4. The number of nitrogens with two attached hydrogens (primary N) is 1. The first-order valence-corrected chi connectivity index (χ1v) is 7.20. The Hall–Kier alpha value is -2.08. The average Bonchev–Trinajstić information content (AvgIpc) is 2.51. The zero-order chi connectivity index (χ0) is 16.4. The molecule has 0 saturated heterocycles. The minimum Gasteiger partial charge on any atom is -0.493 e. The van der Waals surface area contributed by atoms with E-state index in [0.29, 0.717) is 37.5 Å². The van der Waals surface area contributed by atoms with E-state index in [9.17, 15) is 4.79 Å². The number of nitrogens with zero attached hydrogens (tertiary/aromatic N) is 1. The number of benzene rings is 1. The Labute approximate surface area is 131 Å². The van der Waals surface area contributed by atoms with E-state index in [1.165, 1.54) is 7.11 Å². The topological polar surface area (TPSA) is 83.1 Å². The summed E-state index contributed by atoms with van der Waals surface area (Å²) in [5.74, 6) is 1.02. The van der Waals surface area contributed by atoms with Gasteiger partial charge in [-0.3, -0.25) is 9.79 Å². The van der Waals surface area contributed by atoms with E-state index in [1.807, 2.05) is 25.1 Å². The summed E-state index contributed by atoms with van der Waals surface area (Å²) in [6.45, 7) is 2.90. The lowest BCUT2D eigenvalue weighted by Gasteiger charge is -2.11. The SMILES string of the molecule is COC(=O)CCCOc1ccc(C=NCC(C)N)cc1OC. The molecule has 0 heterocycles. The van der Waals surface area contributed by atoms with Crippen LogP contribution < -0.4 is 15.2 Å². The minimum atomic E-state index is -0.240. The Kier molecular flexibility index (Phi) is 7.99. The third kappa shape index (κ3) is 6.58. The fourth-order valence-corrected chi connectivity index (χ4v) is 1.71. The van der Waals surface area contributed by atoms with Gasteiger partial charge in [0.25, 0.3) is 0 Å². The van der Waals surface area contributed by atoms with Crippen LogP contribution in [-0.4, -0.2) is 45.6 Å². The van der Waals surface area contributed by atoms with Crippen molar-refractivity contribution in [1.29, 1.82) is 0 Å². The van der Waals surface area contributed by atoms with Crippen LogP contribution in [0, 0.1) is 0 Å². The van der Waals surface area contributed by atoms with Crippen LogP contribution >= 0.6 is 0 Å². The van der Waals surface area contributed by atoms with Crippen LogP contribution in [-0.2, 0) is 9.53 Å². The lowest BCUT2D eigenvalue weighted by molar-refractivity contribution is -0.140. The number of carbonyl (C=O) groups excluding carboxylic acids is 1. The van der Waals surface area contributed by atoms with Gasteiger partial charge in [-0.2, -0.15) is 0 Å². The van der Waals surface area contributed by atoms with Crippen molar-refractivity contribution in [3.63, 3.8) is 0 Å². The minimum absolute atomic E-state index is 0.0376. The monoisotopic (exact) mass is 308 g/mol. The maximum Gasteiger partial charge on any atom is 0.305 e. The highest BCUT2D eigenvalue weighted by Gasteiger charge is 2.06. The van der Waals surface area contributed by atoms with Gasteiger partial charge in [-0.15, -0.1) is 0 Å². The fraction of sp³-hybridized carbons (Fsp3) is 0.500. The third-order valence-electron chi connectivity index (χ3n) is 2.83. The standard InChI is InChI=1S/C16H24N2O4/c1-12(17)10-18-11-13-6-7-14(15(9-13)20-2)22-8-4-5-16(19)21-3/h6-7,9,11-12H,4-5,8,10,17H2,1-3H3. The summed E-state index contributed by atoms with van der Waals surface area (Å²) >= 11 is 0. The highest BCUT2D eigenvalue weighted by Crippen LogP contribution is 2.27. The van der Waals surface area contributed by atoms with Gasteiger partial charge in [0.2, 0.25) is 0 Å². The largest absolute Gasteiger partial charge is 0.493 e. The number of hydrogen-bond donors (Lipinski definition) is 1. The van der Waals surface area contributed by atoms with Crippen molar-refractivity contribution in [2.45, 2.75) is 25.8 Å². The summed E-state index contributed by atoms with van der Waals surface area (Å²) in [6, 6.07) is 5.60. The van der Waals surface area contributed by atoms with E-state index in [1.54, 1.807) is 13.3 Å². The highest BCUT2D eigenvalue weighted by molar-refractivity contribution is 5.80. The molecule has 0 fully saturated rings. The molecule has 22 heavy (non-hydrogen) atoms. The molecule has 0 saturated carbocycles. The first-order chi connectivity index (χ1) is 10.6. The van der Waals surface area contributed by atoms with E-state index in [0.717, 1.165) is 5.56 Å². The second-order valence-corrected chi connectivity index (χ2v) is 4.91. The molecular weight excluding hydrogens is 284 g/mol. The Morgan fingerprint density at radius 1 is 1.36 bits per heavy atom. The van der Waals surface area contributed by atoms with Crippen molar-refractivity contribution in [3.05, 3.63) is 23.8 Å². The van der Waals surface area contributed by atoms with Crippen LogP contribution in [0.3, 0.4) is 0 Å². The molecule has 2 N–H and O–H groups in total. The quantitative estimate of drug-likeness (QED) is 0.427. The molecule has 0 aliphatic carbocycles. The van der Waals surface area contributed by atoms with E-state index in [-0.39, 0.29) is 12.0 Å². The lowest BCUT2D eigenvalue weighted by Crippen LogP contribution is -2.18. The molecule has 1 atom stereocenters. The molecule has 0 radical (unpaired) electrons. The molecular formula is C16H24N2O4. The van der Waals surface area contributed by atoms with Crippen LogP contribution in [0.15, 0.2) is 23.2 Å². The smallest absolute Gasteiger partial charge is 0.305 e. The molecule has 122 valence electrons. The number of aliphatic imine (C=N–C) groups is 1. The summed E-state index contributed by atoms with van der Waals surface area (Å²) in [5.41, 5.74) is 6.56. The van der Waals surface area contributed by atoms with Gasteiger partial charge in [-0.05, 0) is 37.1 Å². The molecule has 0 bridgehead atoms. The van der Waals surface area contributed by atoms with Crippen molar-refractivity contribution in [1.82, 2.24) is 0 Å². The van der Waals surface area contributed by atoms with Crippen LogP contribution in [0.5, 0.6) is 11.5 Å². The summed E-state index contributed by atoms with van der Waals surface area (Å²) in [6.07, 6.45) is 2.68. The lowest BCUT2D eigenvalue weighted by atomic mass is 10.2. The Morgan fingerprint density at radius 2 is 2.14 bits per heavy atom. The summed E-state index contributed by atoms with van der Waals surface area (Å²) in [4.78, 5) is 15.3. The maximum absolute atomic E-state index is 11.0. The molecule has 0 spiro atoms. The summed E-state index contributed by atoms with van der Waals surface area (Å²) in [7, 11) is 2.96. The zero-order valence-electron chi connectivity index (χ0n) is 13.4. The van der Waals surface area contributed by atoms with Crippen molar-refractivity contribution < 1.29 is 19.0 Å². The van der Waals surface area contributed by atoms with E-state index in [2.05, 4.69) is 9.73 Å². The normalized spacial score (nSPS) is 12.2. The first-order valence-electron chi connectivity index (χ1n) is 7.20. The second-order valence-electron chi connectivity index (χ2n) is 4.91. The van der Waals surface area contributed by atoms with Gasteiger partial charge in [0.15, 0.2) is 11.5 Å². The van der Waals surface area contributed by atoms with Gasteiger partial charge in [-0.25, -0.2) is 0 Å². The number of methoxy groups -OCH3 is 2. The van der Waals surface area contributed by atoms with Gasteiger partial charge in [0.1, 0.15) is 0 Å². The Morgan fingerprint density at radius 3 is 2.77 bits per heavy atom. The molecule has 6 heteroatoms. The highest BCUT2D eigenvalue weighted by atomic mass is 16.5. The van der Waals surface area contributed by atoms with Crippen molar-refractivity contribution in [3.8, 4) is 11.5 Å². The third-order valence-corrected chi connectivity index (χ3v) is 2.83. The Balaban J connectivity index is 2.57. The number of hydrogen-bond acceptors (Lipinski definition) is 6. The number of carbonyl (C=O) groups is 1. The van der Waals surface area contributed by atoms with E-state index in [4.69, 9.17) is 15.2 Å². The molecule has 0 aromatic heterocycles. The van der Waals surface area contributed by atoms with E-state index < -0.39 is 0 Å². The number of ether oxygens (including phenoxy) is 3. The molecule has 1 aromatic carbocycles. The van der Waals surface area contributed by atoms with Crippen molar-refractivity contribution in [2.75, 3.05) is 27.4 Å². The predicted molar refractivity (Wildman–Crippen MR) is 85.8 cm³/mol.